The molecule has 0 amide bonds. The largest absolute Gasteiger partial charge is 0.367 e. The molecule has 0 radical (unpaired) electrons. The third kappa shape index (κ3) is 7.98. The highest BCUT2D eigenvalue weighted by Crippen LogP contribution is 2.50. The molecule has 1 atom stereocenters. The Bertz CT molecular complexity index is 207. The van der Waals surface area contributed by atoms with Gasteiger partial charge in [-0.1, -0.05) is 34.6 Å². The van der Waals surface area contributed by atoms with Gasteiger partial charge in [-0.05, 0) is 24.7 Å². The molecule has 0 saturated heterocycles. The van der Waals surface area contributed by atoms with Crippen LogP contribution in [0.15, 0.2) is 0 Å². The van der Waals surface area contributed by atoms with Crippen LogP contribution in [-0.2, 0) is 9.09 Å². The van der Waals surface area contributed by atoms with Gasteiger partial charge >= 0.3 is 7.68 Å². The minimum atomic E-state index is -3.84. The monoisotopic (exact) mass is 238 g/mol. The number of hydrogen-bond donors (Lipinski definition) is 0. The molecule has 1 unspecified atom stereocenters. The fourth-order valence-corrected chi connectivity index (χ4v) is 2.30. The summed E-state index contributed by atoms with van der Waals surface area (Å²) in [6, 6.07) is 0. The zero-order valence-corrected chi connectivity index (χ0v) is 11.4. The van der Waals surface area contributed by atoms with Gasteiger partial charge in [0.05, 0.1) is 12.3 Å². The molecule has 4 heteroatoms. The Morgan fingerprint density at radius 3 is 1.80 bits per heavy atom. The van der Waals surface area contributed by atoms with Crippen molar-refractivity contribution in [2.24, 2.45) is 11.8 Å². The summed E-state index contributed by atoms with van der Waals surface area (Å²) in [4.78, 5) is 0. The van der Waals surface area contributed by atoms with E-state index in [1.54, 1.807) is 6.92 Å². The summed E-state index contributed by atoms with van der Waals surface area (Å²) in [6.07, 6.45) is 1.30. The highest BCUT2D eigenvalue weighted by Gasteiger charge is 2.25. The van der Waals surface area contributed by atoms with Crippen LogP contribution in [0.4, 0.5) is 4.20 Å². The van der Waals surface area contributed by atoms with Crippen molar-refractivity contribution in [3.8, 4) is 0 Å². The van der Waals surface area contributed by atoms with E-state index >= 15 is 0 Å². The van der Waals surface area contributed by atoms with Crippen molar-refractivity contribution in [3.63, 3.8) is 0 Å². The number of rotatable bonds is 7. The van der Waals surface area contributed by atoms with Crippen LogP contribution in [0.1, 0.15) is 47.5 Å². The molecule has 0 aromatic rings. The van der Waals surface area contributed by atoms with E-state index in [9.17, 15) is 8.76 Å². The molecule has 0 aromatic carbocycles. The summed E-state index contributed by atoms with van der Waals surface area (Å²) in [5.41, 5.74) is 0. The first kappa shape index (κ1) is 15.1. The second kappa shape index (κ2) is 6.65. The lowest BCUT2D eigenvalue weighted by molar-refractivity contribution is 0.141. The molecule has 0 aliphatic heterocycles. The van der Waals surface area contributed by atoms with Crippen molar-refractivity contribution in [1.29, 1.82) is 0 Å². The van der Waals surface area contributed by atoms with Crippen molar-refractivity contribution in [2.75, 3.05) is 6.16 Å². The summed E-state index contributed by atoms with van der Waals surface area (Å²) in [6.45, 7) is 9.80. The second-order valence-corrected chi connectivity index (χ2v) is 6.92. The summed E-state index contributed by atoms with van der Waals surface area (Å²) in [5.74, 6) is 0.871. The molecule has 0 aliphatic rings. The maximum absolute atomic E-state index is 13.3. The maximum atomic E-state index is 13.3. The van der Waals surface area contributed by atoms with Gasteiger partial charge in [0.2, 0.25) is 0 Å². The second-order valence-electron chi connectivity index (χ2n) is 4.89. The first-order valence-corrected chi connectivity index (χ1v) is 7.44. The van der Waals surface area contributed by atoms with Gasteiger partial charge in [0, 0.05) is 0 Å². The predicted molar refractivity (Wildman–Crippen MR) is 63.0 cm³/mol. The summed E-state index contributed by atoms with van der Waals surface area (Å²) >= 11 is 0. The van der Waals surface area contributed by atoms with Gasteiger partial charge in [0.1, 0.15) is 0 Å². The molecule has 2 nitrogen and oxygen atoms in total. The lowest BCUT2D eigenvalue weighted by Crippen LogP contribution is -2.16. The van der Waals surface area contributed by atoms with Gasteiger partial charge in [0.15, 0.2) is 0 Å². The van der Waals surface area contributed by atoms with E-state index in [1.165, 1.54) is 0 Å². The Labute approximate surface area is 93.2 Å². The highest BCUT2D eigenvalue weighted by atomic mass is 31.2. The number of halogens is 1. The maximum Gasteiger partial charge on any atom is 0.367 e. The van der Waals surface area contributed by atoms with Crippen molar-refractivity contribution in [1.82, 2.24) is 0 Å². The van der Waals surface area contributed by atoms with Crippen LogP contribution in [0.25, 0.3) is 0 Å². The first-order valence-electron chi connectivity index (χ1n) is 5.74. The molecule has 92 valence electrons. The van der Waals surface area contributed by atoms with Crippen molar-refractivity contribution in [3.05, 3.63) is 0 Å². The third-order valence-electron chi connectivity index (χ3n) is 2.15. The molecule has 15 heavy (non-hydrogen) atoms. The smallest absolute Gasteiger partial charge is 0.302 e. The van der Waals surface area contributed by atoms with Crippen molar-refractivity contribution in [2.45, 2.75) is 53.6 Å². The van der Waals surface area contributed by atoms with E-state index in [0.717, 1.165) is 12.8 Å². The molecule has 0 fully saturated rings. The molecular weight excluding hydrogens is 214 g/mol. The van der Waals surface area contributed by atoms with E-state index in [1.807, 2.05) is 0 Å². The summed E-state index contributed by atoms with van der Waals surface area (Å²) in [5, 5.41) is 0. The molecule has 0 bridgehead atoms. The normalized spacial score (nSPS) is 16.3. The summed E-state index contributed by atoms with van der Waals surface area (Å²) < 4.78 is 29.7. The standard InChI is InChI=1S/C11H24FO2P/c1-6-15(12,13)14-11(7-9(2)3)8-10(4)5/h9-11H,6-8H2,1-5H3. The van der Waals surface area contributed by atoms with Crippen molar-refractivity contribution >= 4 is 7.68 Å². The highest BCUT2D eigenvalue weighted by molar-refractivity contribution is 7.53. The zero-order chi connectivity index (χ0) is 12.1. The zero-order valence-electron chi connectivity index (χ0n) is 10.5. The predicted octanol–water partition coefficient (Wildman–Crippen LogP) is 4.65. The van der Waals surface area contributed by atoms with Gasteiger partial charge in [-0.3, -0.25) is 4.57 Å². The van der Waals surface area contributed by atoms with Crippen LogP contribution in [0, 0.1) is 11.8 Å². The molecule has 0 aromatic heterocycles. The first-order chi connectivity index (χ1) is 6.76. The lowest BCUT2D eigenvalue weighted by atomic mass is 9.98. The van der Waals surface area contributed by atoms with Crippen LogP contribution >= 0.6 is 7.68 Å². The van der Waals surface area contributed by atoms with E-state index < -0.39 is 7.68 Å². The van der Waals surface area contributed by atoms with Crippen LogP contribution in [0.5, 0.6) is 0 Å². The van der Waals surface area contributed by atoms with Gasteiger partial charge in [-0.2, -0.15) is 4.20 Å². The molecule has 0 aliphatic carbocycles. The van der Waals surface area contributed by atoms with Gasteiger partial charge in [-0.15, -0.1) is 0 Å². The molecule has 0 rings (SSSR count). The van der Waals surface area contributed by atoms with E-state index in [-0.39, 0.29) is 12.3 Å². The minimum Gasteiger partial charge on any atom is -0.302 e. The van der Waals surface area contributed by atoms with E-state index in [2.05, 4.69) is 27.7 Å². The third-order valence-corrected chi connectivity index (χ3v) is 3.52. The van der Waals surface area contributed by atoms with Crippen LogP contribution in [-0.4, -0.2) is 12.3 Å². The fourth-order valence-electron chi connectivity index (χ4n) is 1.53. The summed E-state index contributed by atoms with van der Waals surface area (Å²) in [7, 11) is -3.84. The van der Waals surface area contributed by atoms with E-state index in [4.69, 9.17) is 4.52 Å². The average molecular weight is 238 g/mol. The van der Waals surface area contributed by atoms with Crippen molar-refractivity contribution < 1.29 is 13.3 Å². The SMILES string of the molecule is CCP(=O)(F)OC(CC(C)C)CC(C)C. The Kier molecular flexibility index (Phi) is 6.70. The number of hydrogen-bond acceptors (Lipinski definition) is 2. The topological polar surface area (TPSA) is 26.3 Å². The molecule has 0 spiro atoms. The van der Waals surface area contributed by atoms with E-state index in [0.29, 0.717) is 11.8 Å². The average Bonchev–Trinajstić information content (AvgIpc) is 2.00. The van der Waals surface area contributed by atoms with Crippen LogP contribution < -0.4 is 0 Å². The fraction of sp³-hybridized carbons (Fsp3) is 1.00. The molecular formula is C11H24FO2P. The molecule has 0 N–H and O–H groups in total. The minimum absolute atomic E-state index is 0.0281. The lowest BCUT2D eigenvalue weighted by Gasteiger charge is -2.22. The van der Waals surface area contributed by atoms with Gasteiger partial charge in [0.25, 0.3) is 0 Å². The Balaban J connectivity index is 4.30. The Morgan fingerprint density at radius 1 is 1.13 bits per heavy atom. The quantitative estimate of drug-likeness (QED) is 0.603. The van der Waals surface area contributed by atoms with Crippen LogP contribution in [0.2, 0.25) is 0 Å². The van der Waals surface area contributed by atoms with Crippen LogP contribution in [0.3, 0.4) is 0 Å². The van der Waals surface area contributed by atoms with Gasteiger partial charge < -0.3 is 4.52 Å². The van der Waals surface area contributed by atoms with Gasteiger partial charge in [-0.25, -0.2) is 0 Å². The molecule has 0 heterocycles. The Hall–Kier alpha value is 0.120. The molecule has 0 saturated carbocycles. The Morgan fingerprint density at radius 2 is 1.53 bits per heavy atom.